The molecule has 1 aromatic rings. The van der Waals surface area contributed by atoms with E-state index in [1.807, 2.05) is 25.4 Å². The molecule has 0 unspecified atom stereocenters. The van der Waals surface area contributed by atoms with Gasteiger partial charge in [0.25, 0.3) is 0 Å². The van der Waals surface area contributed by atoms with E-state index in [2.05, 4.69) is 42.9 Å². The summed E-state index contributed by atoms with van der Waals surface area (Å²) in [6.45, 7) is 8.66. The van der Waals surface area contributed by atoms with E-state index in [1.54, 1.807) is 0 Å². The van der Waals surface area contributed by atoms with Crippen LogP contribution in [0, 0.1) is 28.6 Å². The number of rotatable bonds is 3. The van der Waals surface area contributed by atoms with Crippen molar-refractivity contribution in [2.45, 2.75) is 52.9 Å². The molecule has 5 atom stereocenters. The van der Waals surface area contributed by atoms with Gasteiger partial charge in [-0.15, -0.1) is 0 Å². The Kier molecular flexibility index (Phi) is 4.61. The molecule has 0 aromatic carbocycles. The van der Waals surface area contributed by atoms with Crippen LogP contribution < -0.4 is 4.74 Å². The van der Waals surface area contributed by atoms with Crippen molar-refractivity contribution in [2.75, 3.05) is 20.2 Å². The third kappa shape index (κ3) is 2.79. The Morgan fingerprint density at radius 1 is 1.20 bits per heavy atom. The molecule has 1 saturated heterocycles. The number of piperidine rings is 1. The SMILES string of the molecule is CCOc1cncc(C2=CC[C@H]3[C@@H]4CN(C)C5=CC(=O)CC[C@]5(C)[C@H]4CC[C@]23C)c1. The van der Waals surface area contributed by atoms with Crippen LogP contribution in [0.4, 0.5) is 0 Å². The Morgan fingerprint density at radius 3 is 2.83 bits per heavy atom. The van der Waals surface area contributed by atoms with Gasteiger partial charge in [0.1, 0.15) is 5.75 Å². The standard InChI is InChI=1S/C26H34N2O2/c1-5-30-19-12-17(14-27-15-19)21-6-7-22-20-16-28(4)24-13-18(29)8-10-26(24,3)23(20)9-11-25(21,22)2/h6,12-15,20,22-23H,5,7-11,16H2,1-4H3/t20-,22-,23-,25+,26+/m0/s1. The lowest BCUT2D eigenvalue weighted by atomic mass is 9.49. The summed E-state index contributed by atoms with van der Waals surface area (Å²) >= 11 is 0. The zero-order chi connectivity index (χ0) is 21.1. The number of carbonyl (C=O) groups excluding carboxylic acids is 1. The van der Waals surface area contributed by atoms with Gasteiger partial charge in [0, 0.05) is 43.4 Å². The highest BCUT2D eigenvalue weighted by molar-refractivity contribution is 5.91. The van der Waals surface area contributed by atoms with Crippen LogP contribution in [0.2, 0.25) is 0 Å². The maximum atomic E-state index is 12.1. The van der Waals surface area contributed by atoms with E-state index < -0.39 is 0 Å². The van der Waals surface area contributed by atoms with Crippen molar-refractivity contribution >= 4 is 11.4 Å². The molecule has 2 heterocycles. The second kappa shape index (κ2) is 6.96. The normalized spacial score (nSPS) is 37.7. The minimum absolute atomic E-state index is 0.145. The first-order chi connectivity index (χ1) is 14.4. The molecule has 1 aliphatic heterocycles. The van der Waals surface area contributed by atoms with Gasteiger partial charge in [-0.2, -0.15) is 0 Å². The van der Waals surface area contributed by atoms with Gasteiger partial charge in [0.05, 0.1) is 12.8 Å². The number of likely N-dealkylation sites (tertiary alicyclic amines) is 1. The second-order valence-electron chi connectivity index (χ2n) is 10.3. The van der Waals surface area contributed by atoms with Crippen LogP contribution in [0.25, 0.3) is 5.57 Å². The highest BCUT2D eigenvalue weighted by Gasteiger charge is 2.58. The maximum Gasteiger partial charge on any atom is 0.157 e. The first-order valence-corrected chi connectivity index (χ1v) is 11.6. The third-order valence-electron chi connectivity index (χ3n) is 8.84. The summed E-state index contributed by atoms with van der Waals surface area (Å²) in [6.07, 6.45) is 13.6. The molecule has 0 bridgehead atoms. The van der Waals surface area contributed by atoms with Crippen LogP contribution in [-0.2, 0) is 4.79 Å². The Labute approximate surface area is 180 Å². The predicted octanol–water partition coefficient (Wildman–Crippen LogP) is 5.11. The molecule has 2 fully saturated rings. The number of ketones is 1. The molecule has 5 rings (SSSR count). The topological polar surface area (TPSA) is 42.4 Å². The fourth-order valence-electron chi connectivity index (χ4n) is 7.40. The molecule has 4 nitrogen and oxygen atoms in total. The molecule has 3 aliphatic carbocycles. The van der Waals surface area contributed by atoms with Crippen molar-refractivity contribution in [3.05, 3.63) is 41.9 Å². The van der Waals surface area contributed by atoms with Gasteiger partial charge in [-0.05, 0) is 73.0 Å². The van der Waals surface area contributed by atoms with Gasteiger partial charge >= 0.3 is 0 Å². The van der Waals surface area contributed by atoms with Crippen LogP contribution >= 0.6 is 0 Å². The van der Waals surface area contributed by atoms with E-state index in [0.717, 1.165) is 25.1 Å². The highest BCUT2D eigenvalue weighted by atomic mass is 16.5. The number of carbonyl (C=O) groups is 1. The fourth-order valence-corrected chi connectivity index (χ4v) is 7.40. The average Bonchev–Trinajstić information content (AvgIpc) is 3.07. The van der Waals surface area contributed by atoms with E-state index in [4.69, 9.17) is 4.74 Å². The summed E-state index contributed by atoms with van der Waals surface area (Å²) in [6, 6.07) is 2.17. The van der Waals surface area contributed by atoms with E-state index >= 15 is 0 Å². The molecule has 0 amide bonds. The Morgan fingerprint density at radius 2 is 2.03 bits per heavy atom. The van der Waals surface area contributed by atoms with Gasteiger partial charge in [-0.1, -0.05) is 19.9 Å². The van der Waals surface area contributed by atoms with Crippen LogP contribution in [0.1, 0.15) is 58.4 Å². The van der Waals surface area contributed by atoms with Crippen molar-refractivity contribution < 1.29 is 9.53 Å². The second-order valence-corrected chi connectivity index (χ2v) is 10.3. The van der Waals surface area contributed by atoms with Crippen LogP contribution in [0.15, 0.2) is 36.3 Å². The molecule has 0 spiro atoms. The lowest BCUT2D eigenvalue weighted by molar-refractivity contribution is -0.118. The Balaban J connectivity index is 1.47. The first kappa shape index (κ1) is 19.8. The molecular formula is C26H34N2O2. The zero-order valence-corrected chi connectivity index (χ0v) is 18.8. The van der Waals surface area contributed by atoms with Gasteiger partial charge in [-0.3, -0.25) is 9.78 Å². The van der Waals surface area contributed by atoms with Gasteiger partial charge in [-0.25, -0.2) is 0 Å². The fraction of sp³-hybridized carbons (Fsp3) is 0.615. The quantitative estimate of drug-likeness (QED) is 0.699. The van der Waals surface area contributed by atoms with Crippen LogP contribution in [0.3, 0.4) is 0 Å². The van der Waals surface area contributed by atoms with E-state index in [1.165, 1.54) is 29.7 Å². The molecule has 1 saturated carbocycles. The van der Waals surface area contributed by atoms with E-state index in [9.17, 15) is 4.79 Å². The molecular weight excluding hydrogens is 372 g/mol. The van der Waals surface area contributed by atoms with Crippen molar-refractivity contribution in [1.29, 1.82) is 0 Å². The minimum atomic E-state index is 0.145. The maximum absolute atomic E-state index is 12.1. The summed E-state index contributed by atoms with van der Waals surface area (Å²) < 4.78 is 5.73. The number of fused-ring (bicyclic) bond motifs is 5. The van der Waals surface area contributed by atoms with E-state index in [0.29, 0.717) is 36.6 Å². The number of pyridine rings is 1. The Bertz CT molecular complexity index is 935. The summed E-state index contributed by atoms with van der Waals surface area (Å²) in [5.74, 6) is 3.16. The molecule has 4 heteroatoms. The van der Waals surface area contributed by atoms with Crippen molar-refractivity contribution in [2.24, 2.45) is 28.6 Å². The number of hydrogen-bond donors (Lipinski definition) is 0. The predicted molar refractivity (Wildman–Crippen MR) is 119 cm³/mol. The average molecular weight is 407 g/mol. The summed E-state index contributed by atoms with van der Waals surface area (Å²) in [5, 5.41) is 0. The van der Waals surface area contributed by atoms with Crippen molar-refractivity contribution in [1.82, 2.24) is 9.88 Å². The summed E-state index contributed by atoms with van der Waals surface area (Å²) in [5.41, 5.74) is 4.32. The molecule has 4 aliphatic rings. The molecule has 30 heavy (non-hydrogen) atoms. The summed E-state index contributed by atoms with van der Waals surface area (Å²) in [7, 11) is 2.20. The number of hydrogen-bond acceptors (Lipinski definition) is 4. The lowest BCUT2D eigenvalue weighted by Gasteiger charge is -2.60. The summed E-state index contributed by atoms with van der Waals surface area (Å²) in [4.78, 5) is 19.0. The first-order valence-electron chi connectivity index (χ1n) is 11.6. The van der Waals surface area contributed by atoms with Gasteiger partial charge < -0.3 is 9.64 Å². The minimum Gasteiger partial charge on any atom is -0.492 e. The molecule has 160 valence electrons. The molecule has 0 N–H and O–H groups in total. The van der Waals surface area contributed by atoms with Crippen LogP contribution in [-0.4, -0.2) is 35.9 Å². The smallest absolute Gasteiger partial charge is 0.157 e. The third-order valence-corrected chi connectivity index (χ3v) is 8.84. The number of nitrogens with zero attached hydrogens (tertiary/aromatic N) is 2. The zero-order valence-electron chi connectivity index (χ0n) is 18.8. The Hall–Kier alpha value is -2.10. The number of ether oxygens (including phenoxy) is 1. The van der Waals surface area contributed by atoms with Gasteiger partial charge in [0.2, 0.25) is 0 Å². The number of aromatic nitrogens is 1. The van der Waals surface area contributed by atoms with Gasteiger partial charge in [0.15, 0.2) is 5.78 Å². The molecule has 0 radical (unpaired) electrons. The van der Waals surface area contributed by atoms with Crippen LogP contribution in [0.5, 0.6) is 5.75 Å². The number of allylic oxidation sites excluding steroid dienone is 4. The lowest BCUT2D eigenvalue weighted by Crippen LogP contribution is -2.56. The monoisotopic (exact) mass is 406 g/mol. The largest absolute Gasteiger partial charge is 0.492 e. The van der Waals surface area contributed by atoms with E-state index in [-0.39, 0.29) is 10.8 Å². The molecule has 1 aromatic heterocycles. The van der Waals surface area contributed by atoms with Crippen molar-refractivity contribution in [3.63, 3.8) is 0 Å². The van der Waals surface area contributed by atoms with Crippen molar-refractivity contribution in [3.8, 4) is 5.75 Å². The highest BCUT2D eigenvalue weighted by Crippen LogP contribution is 2.65.